The molecule has 0 aromatic carbocycles. The van der Waals surface area contributed by atoms with E-state index in [0.717, 1.165) is 30.4 Å². The van der Waals surface area contributed by atoms with Gasteiger partial charge in [-0.15, -0.1) is 10.2 Å². The van der Waals surface area contributed by atoms with Crippen LogP contribution in [0.1, 0.15) is 43.8 Å². The molecule has 0 bridgehead atoms. The standard InChI is InChI=1S/C15H22N6O/c1-4-13-16-6-8-19(13)7-5-15(22)20-9-11(2)21-12(3)17-18-14(21)10-20/h6,8,11H,4-5,7,9-10H2,1-3H3. The number of hydrogen-bond acceptors (Lipinski definition) is 4. The molecule has 0 fully saturated rings. The third-order valence-electron chi connectivity index (χ3n) is 4.23. The lowest BCUT2D eigenvalue weighted by atomic mass is 10.2. The van der Waals surface area contributed by atoms with Crippen molar-refractivity contribution in [2.75, 3.05) is 6.54 Å². The molecular weight excluding hydrogens is 280 g/mol. The summed E-state index contributed by atoms with van der Waals surface area (Å²) in [5, 5.41) is 8.29. The summed E-state index contributed by atoms with van der Waals surface area (Å²) in [7, 11) is 0. The van der Waals surface area contributed by atoms with Crippen molar-refractivity contribution in [2.45, 2.75) is 52.7 Å². The molecule has 0 spiro atoms. The highest BCUT2D eigenvalue weighted by Crippen LogP contribution is 2.21. The van der Waals surface area contributed by atoms with E-state index in [4.69, 9.17) is 0 Å². The van der Waals surface area contributed by atoms with Crippen molar-refractivity contribution in [3.8, 4) is 0 Å². The lowest BCUT2D eigenvalue weighted by Gasteiger charge is -2.32. The maximum absolute atomic E-state index is 12.5. The monoisotopic (exact) mass is 302 g/mol. The molecule has 1 amide bonds. The van der Waals surface area contributed by atoms with Gasteiger partial charge in [-0.25, -0.2) is 4.98 Å². The summed E-state index contributed by atoms with van der Waals surface area (Å²) in [6.45, 7) is 8.07. The van der Waals surface area contributed by atoms with E-state index in [-0.39, 0.29) is 11.9 Å². The highest BCUT2D eigenvalue weighted by atomic mass is 16.2. The molecule has 3 heterocycles. The van der Waals surface area contributed by atoms with Crippen LogP contribution in [0, 0.1) is 6.92 Å². The van der Waals surface area contributed by atoms with E-state index < -0.39 is 0 Å². The second kappa shape index (κ2) is 5.90. The third kappa shape index (κ3) is 2.63. The normalized spacial score (nSPS) is 17.6. The molecule has 118 valence electrons. The Morgan fingerprint density at radius 1 is 1.41 bits per heavy atom. The van der Waals surface area contributed by atoms with Gasteiger partial charge in [-0.3, -0.25) is 4.79 Å². The molecule has 22 heavy (non-hydrogen) atoms. The third-order valence-corrected chi connectivity index (χ3v) is 4.23. The Balaban J connectivity index is 1.64. The number of carbonyl (C=O) groups excluding carboxylic acids is 1. The van der Waals surface area contributed by atoms with Crippen molar-refractivity contribution in [2.24, 2.45) is 0 Å². The quantitative estimate of drug-likeness (QED) is 0.854. The summed E-state index contributed by atoms with van der Waals surface area (Å²) >= 11 is 0. The van der Waals surface area contributed by atoms with Crippen molar-refractivity contribution in [3.63, 3.8) is 0 Å². The van der Waals surface area contributed by atoms with Crippen LogP contribution in [-0.2, 0) is 24.3 Å². The Morgan fingerprint density at radius 3 is 3.00 bits per heavy atom. The number of imidazole rings is 1. The molecule has 7 heteroatoms. The fourth-order valence-corrected chi connectivity index (χ4v) is 3.15. The number of rotatable bonds is 4. The second-order valence-corrected chi connectivity index (χ2v) is 5.80. The molecular formula is C15H22N6O. The minimum absolute atomic E-state index is 0.162. The van der Waals surface area contributed by atoms with Gasteiger partial charge in [0.15, 0.2) is 5.82 Å². The van der Waals surface area contributed by atoms with Crippen LogP contribution in [-0.4, -0.2) is 41.7 Å². The zero-order valence-electron chi connectivity index (χ0n) is 13.4. The molecule has 1 unspecified atom stereocenters. The van der Waals surface area contributed by atoms with E-state index in [1.807, 2.05) is 18.0 Å². The molecule has 1 aliphatic heterocycles. The fourth-order valence-electron chi connectivity index (χ4n) is 3.15. The van der Waals surface area contributed by atoms with Gasteiger partial charge in [-0.1, -0.05) is 6.92 Å². The van der Waals surface area contributed by atoms with Gasteiger partial charge in [0.05, 0.1) is 12.6 Å². The van der Waals surface area contributed by atoms with Crippen LogP contribution in [0.5, 0.6) is 0 Å². The summed E-state index contributed by atoms with van der Waals surface area (Å²) in [6, 6.07) is 0.224. The van der Waals surface area contributed by atoms with Gasteiger partial charge in [-0.2, -0.15) is 0 Å². The van der Waals surface area contributed by atoms with Crippen LogP contribution >= 0.6 is 0 Å². The minimum Gasteiger partial charge on any atom is -0.334 e. The number of carbonyl (C=O) groups is 1. The number of fused-ring (bicyclic) bond motifs is 1. The number of aromatic nitrogens is 5. The van der Waals surface area contributed by atoms with E-state index in [0.29, 0.717) is 19.5 Å². The van der Waals surface area contributed by atoms with Gasteiger partial charge in [0, 0.05) is 38.3 Å². The van der Waals surface area contributed by atoms with Gasteiger partial charge in [0.1, 0.15) is 11.6 Å². The molecule has 0 radical (unpaired) electrons. The Morgan fingerprint density at radius 2 is 2.23 bits per heavy atom. The molecule has 0 N–H and O–H groups in total. The molecule has 0 saturated carbocycles. The molecule has 0 aliphatic carbocycles. The van der Waals surface area contributed by atoms with Crippen LogP contribution in [0.2, 0.25) is 0 Å². The van der Waals surface area contributed by atoms with E-state index in [1.165, 1.54) is 0 Å². The summed E-state index contributed by atoms with van der Waals surface area (Å²) in [4.78, 5) is 18.7. The zero-order chi connectivity index (χ0) is 15.7. The van der Waals surface area contributed by atoms with Gasteiger partial charge in [-0.05, 0) is 13.8 Å². The first-order valence-electron chi connectivity index (χ1n) is 7.78. The smallest absolute Gasteiger partial charge is 0.224 e. The van der Waals surface area contributed by atoms with Crippen molar-refractivity contribution in [1.82, 2.24) is 29.2 Å². The van der Waals surface area contributed by atoms with Crippen molar-refractivity contribution in [1.29, 1.82) is 0 Å². The Bertz CT molecular complexity index is 673. The largest absolute Gasteiger partial charge is 0.334 e. The highest BCUT2D eigenvalue weighted by Gasteiger charge is 2.27. The summed E-state index contributed by atoms with van der Waals surface area (Å²) in [5.41, 5.74) is 0. The molecule has 0 saturated heterocycles. The van der Waals surface area contributed by atoms with Gasteiger partial charge in [0.25, 0.3) is 0 Å². The van der Waals surface area contributed by atoms with Gasteiger partial charge in [0.2, 0.25) is 5.91 Å². The summed E-state index contributed by atoms with van der Waals surface area (Å²) < 4.78 is 4.17. The first-order chi connectivity index (χ1) is 10.6. The van der Waals surface area contributed by atoms with Crippen molar-refractivity contribution in [3.05, 3.63) is 29.9 Å². The number of amides is 1. The predicted octanol–water partition coefficient (Wildman–Crippen LogP) is 1.34. The Kier molecular flexibility index (Phi) is 3.96. The highest BCUT2D eigenvalue weighted by molar-refractivity contribution is 5.76. The van der Waals surface area contributed by atoms with E-state index in [9.17, 15) is 4.79 Å². The minimum atomic E-state index is 0.162. The average molecular weight is 302 g/mol. The van der Waals surface area contributed by atoms with Gasteiger partial charge >= 0.3 is 0 Å². The SMILES string of the molecule is CCc1nccn1CCC(=O)N1Cc2nnc(C)n2C(C)C1. The second-order valence-electron chi connectivity index (χ2n) is 5.80. The number of hydrogen-bond donors (Lipinski definition) is 0. The maximum Gasteiger partial charge on any atom is 0.224 e. The van der Waals surface area contributed by atoms with Crippen LogP contribution in [0.25, 0.3) is 0 Å². The molecule has 2 aromatic rings. The first-order valence-corrected chi connectivity index (χ1v) is 7.78. The van der Waals surface area contributed by atoms with Crippen LogP contribution in [0.4, 0.5) is 0 Å². The Hall–Kier alpha value is -2.18. The van der Waals surface area contributed by atoms with Gasteiger partial charge < -0.3 is 14.0 Å². The summed E-state index contributed by atoms with van der Waals surface area (Å²) in [5.74, 6) is 2.98. The lowest BCUT2D eigenvalue weighted by Crippen LogP contribution is -2.40. The summed E-state index contributed by atoms with van der Waals surface area (Å²) in [6.07, 6.45) is 5.09. The zero-order valence-corrected chi connectivity index (χ0v) is 13.4. The van der Waals surface area contributed by atoms with E-state index in [1.54, 1.807) is 6.20 Å². The van der Waals surface area contributed by atoms with Crippen LogP contribution in [0.3, 0.4) is 0 Å². The molecule has 2 aromatic heterocycles. The number of nitrogens with zero attached hydrogens (tertiary/aromatic N) is 6. The van der Waals surface area contributed by atoms with Crippen molar-refractivity contribution < 1.29 is 4.79 Å². The van der Waals surface area contributed by atoms with Crippen LogP contribution < -0.4 is 0 Å². The molecule has 7 nitrogen and oxygen atoms in total. The average Bonchev–Trinajstić information content (AvgIpc) is 3.11. The van der Waals surface area contributed by atoms with Crippen LogP contribution in [0.15, 0.2) is 12.4 Å². The van der Waals surface area contributed by atoms with E-state index >= 15 is 0 Å². The topological polar surface area (TPSA) is 68.8 Å². The molecule has 1 aliphatic rings. The first kappa shape index (κ1) is 14.7. The Labute approximate surface area is 130 Å². The maximum atomic E-state index is 12.5. The van der Waals surface area contributed by atoms with Crippen molar-refractivity contribution >= 4 is 5.91 Å². The number of aryl methyl sites for hydroxylation is 3. The molecule has 1 atom stereocenters. The lowest BCUT2D eigenvalue weighted by molar-refractivity contribution is -0.133. The fraction of sp³-hybridized carbons (Fsp3) is 0.600. The molecule has 3 rings (SSSR count). The predicted molar refractivity (Wildman–Crippen MR) is 81.1 cm³/mol. The van der Waals surface area contributed by atoms with E-state index in [2.05, 4.69) is 38.2 Å².